The van der Waals surface area contributed by atoms with Crippen molar-refractivity contribution < 1.29 is 4.57 Å². The molecule has 2 rings (SSSR count). The van der Waals surface area contributed by atoms with Crippen LogP contribution in [-0.2, 0) is 11.0 Å². The first kappa shape index (κ1) is 14.3. The molecule has 0 amide bonds. The standard InChI is InChI=1S/C17H24NS/c1-16(2,3)13-10-12-19-15(13)14-9-7-8-11-18(14)17(4,5)6/h7-12H,1-6H3/q+1. The molecular weight excluding hydrogens is 250 g/mol. The Balaban J connectivity index is 2.65. The van der Waals surface area contributed by atoms with Crippen LogP contribution in [0.1, 0.15) is 47.1 Å². The smallest absolute Gasteiger partial charge is 0.193 e. The van der Waals surface area contributed by atoms with Crippen molar-refractivity contribution in [3.8, 4) is 10.6 Å². The lowest BCUT2D eigenvalue weighted by atomic mass is 9.86. The van der Waals surface area contributed by atoms with Crippen LogP contribution >= 0.6 is 11.3 Å². The molecule has 0 aromatic carbocycles. The second-order valence-corrected chi connectivity index (χ2v) is 7.96. The fraction of sp³-hybridized carbons (Fsp3) is 0.471. The largest absolute Gasteiger partial charge is 0.223 e. The predicted octanol–water partition coefficient (Wildman–Crippen LogP) is 4.76. The third-order valence-corrected chi connectivity index (χ3v) is 4.23. The second kappa shape index (κ2) is 4.75. The number of hydrogen-bond donors (Lipinski definition) is 0. The molecule has 0 saturated carbocycles. The molecule has 2 heteroatoms. The fourth-order valence-corrected chi connectivity index (χ4v) is 3.44. The number of hydrogen-bond acceptors (Lipinski definition) is 1. The SMILES string of the molecule is CC(C)(C)c1ccsc1-c1cccc[n+]1C(C)(C)C. The molecule has 2 aromatic heterocycles. The molecule has 102 valence electrons. The van der Waals surface area contributed by atoms with Crippen molar-refractivity contribution >= 4 is 11.3 Å². The van der Waals surface area contributed by atoms with E-state index < -0.39 is 0 Å². The molecule has 0 aliphatic rings. The van der Waals surface area contributed by atoms with Crippen molar-refractivity contribution in [2.75, 3.05) is 0 Å². The molecule has 0 N–H and O–H groups in total. The Morgan fingerprint density at radius 1 is 0.947 bits per heavy atom. The summed E-state index contributed by atoms with van der Waals surface area (Å²) >= 11 is 1.84. The van der Waals surface area contributed by atoms with E-state index in [4.69, 9.17) is 0 Å². The monoisotopic (exact) mass is 274 g/mol. The van der Waals surface area contributed by atoms with E-state index in [1.54, 1.807) is 0 Å². The Kier molecular flexibility index (Phi) is 3.57. The minimum Gasteiger partial charge on any atom is -0.193 e. The van der Waals surface area contributed by atoms with Gasteiger partial charge in [0, 0.05) is 32.9 Å². The van der Waals surface area contributed by atoms with Crippen molar-refractivity contribution in [3.63, 3.8) is 0 Å². The summed E-state index contributed by atoms with van der Waals surface area (Å²) in [5.41, 5.74) is 3.02. The van der Waals surface area contributed by atoms with Gasteiger partial charge >= 0.3 is 0 Å². The fourth-order valence-electron chi connectivity index (χ4n) is 2.31. The van der Waals surface area contributed by atoms with Crippen LogP contribution in [-0.4, -0.2) is 0 Å². The van der Waals surface area contributed by atoms with Crippen molar-refractivity contribution in [2.24, 2.45) is 0 Å². The second-order valence-electron chi connectivity index (χ2n) is 7.04. The van der Waals surface area contributed by atoms with Gasteiger partial charge in [-0.3, -0.25) is 0 Å². The molecule has 0 radical (unpaired) electrons. The molecule has 0 bridgehead atoms. The summed E-state index contributed by atoms with van der Waals surface area (Å²) in [5.74, 6) is 0. The van der Waals surface area contributed by atoms with Crippen LogP contribution < -0.4 is 4.57 Å². The summed E-state index contributed by atoms with van der Waals surface area (Å²) in [5, 5.41) is 2.20. The van der Waals surface area contributed by atoms with Crippen molar-refractivity contribution in [3.05, 3.63) is 41.4 Å². The van der Waals surface area contributed by atoms with Gasteiger partial charge in [0.15, 0.2) is 11.7 Å². The quantitative estimate of drug-likeness (QED) is 0.660. The van der Waals surface area contributed by atoms with E-state index in [0.29, 0.717) is 0 Å². The minimum absolute atomic E-state index is 0.0930. The van der Waals surface area contributed by atoms with Crippen LogP contribution in [0.25, 0.3) is 10.6 Å². The van der Waals surface area contributed by atoms with Crippen LogP contribution in [0.15, 0.2) is 35.8 Å². The maximum absolute atomic E-state index is 2.37. The maximum atomic E-state index is 2.37. The molecule has 2 aromatic rings. The van der Waals surface area contributed by atoms with Crippen LogP contribution in [0, 0.1) is 0 Å². The number of aromatic nitrogens is 1. The molecule has 2 heterocycles. The summed E-state index contributed by atoms with van der Waals surface area (Å²) in [6.07, 6.45) is 2.18. The highest BCUT2D eigenvalue weighted by Crippen LogP contribution is 2.36. The molecule has 0 fully saturated rings. The number of rotatable bonds is 1. The van der Waals surface area contributed by atoms with Crippen molar-refractivity contribution in [1.29, 1.82) is 0 Å². The molecule has 0 atom stereocenters. The van der Waals surface area contributed by atoms with Gasteiger partial charge in [-0.25, -0.2) is 0 Å². The number of thiophene rings is 1. The lowest BCUT2D eigenvalue weighted by Gasteiger charge is -2.21. The molecule has 19 heavy (non-hydrogen) atoms. The van der Waals surface area contributed by atoms with Gasteiger partial charge in [0.1, 0.15) is 4.88 Å². The molecule has 0 aliphatic heterocycles. The highest BCUT2D eigenvalue weighted by molar-refractivity contribution is 7.13. The molecule has 0 spiro atoms. The van der Waals surface area contributed by atoms with Gasteiger partial charge in [-0.1, -0.05) is 20.8 Å². The lowest BCUT2D eigenvalue weighted by molar-refractivity contribution is -0.744. The van der Waals surface area contributed by atoms with Crippen LogP contribution in [0.2, 0.25) is 0 Å². The van der Waals surface area contributed by atoms with Gasteiger partial charge in [0.2, 0.25) is 5.69 Å². The van der Waals surface area contributed by atoms with Gasteiger partial charge in [-0.2, -0.15) is 4.57 Å². The third-order valence-electron chi connectivity index (χ3n) is 3.29. The first-order valence-electron chi connectivity index (χ1n) is 6.81. The zero-order chi connectivity index (χ0) is 14.3. The van der Waals surface area contributed by atoms with Gasteiger partial charge in [0.05, 0.1) is 0 Å². The Labute approximate surface area is 120 Å². The Hall–Kier alpha value is -1.15. The van der Waals surface area contributed by atoms with E-state index in [9.17, 15) is 0 Å². The number of nitrogens with zero attached hydrogens (tertiary/aromatic N) is 1. The highest BCUT2D eigenvalue weighted by Gasteiger charge is 2.30. The number of pyridine rings is 1. The van der Waals surface area contributed by atoms with Gasteiger partial charge in [-0.05, 0) is 28.5 Å². The lowest BCUT2D eigenvalue weighted by Crippen LogP contribution is -2.51. The Morgan fingerprint density at radius 3 is 2.21 bits per heavy atom. The average molecular weight is 274 g/mol. The molecule has 0 saturated heterocycles. The predicted molar refractivity (Wildman–Crippen MR) is 83.6 cm³/mol. The Morgan fingerprint density at radius 2 is 1.63 bits per heavy atom. The van der Waals surface area contributed by atoms with E-state index in [1.165, 1.54) is 16.1 Å². The highest BCUT2D eigenvalue weighted by atomic mass is 32.1. The zero-order valence-corrected chi connectivity index (χ0v) is 13.6. The minimum atomic E-state index is 0.0930. The summed E-state index contributed by atoms with van der Waals surface area (Å²) < 4.78 is 2.37. The topological polar surface area (TPSA) is 3.88 Å². The average Bonchev–Trinajstić information content (AvgIpc) is 2.76. The normalized spacial score (nSPS) is 12.7. The van der Waals surface area contributed by atoms with Gasteiger partial charge in [-0.15, -0.1) is 11.3 Å². The summed E-state index contributed by atoms with van der Waals surface area (Å²) in [4.78, 5) is 1.39. The van der Waals surface area contributed by atoms with Crippen LogP contribution in [0.4, 0.5) is 0 Å². The summed E-state index contributed by atoms with van der Waals surface area (Å²) in [7, 11) is 0. The van der Waals surface area contributed by atoms with Gasteiger partial charge < -0.3 is 0 Å². The molecule has 1 nitrogen and oxygen atoms in total. The zero-order valence-electron chi connectivity index (χ0n) is 12.8. The van der Waals surface area contributed by atoms with E-state index in [1.807, 2.05) is 11.3 Å². The van der Waals surface area contributed by atoms with E-state index >= 15 is 0 Å². The van der Waals surface area contributed by atoms with E-state index in [0.717, 1.165) is 0 Å². The van der Waals surface area contributed by atoms with Crippen LogP contribution in [0.5, 0.6) is 0 Å². The van der Waals surface area contributed by atoms with Gasteiger partial charge in [0.25, 0.3) is 0 Å². The van der Waals surface area contributed by atoms with E-state index in [-0.39, 0.29) is 11.0 Å². The Bertz CT molecular complexity index is 567. The molecular formula is C17H24NS+. The summed E-state index contributed by atoms with van der Waals surface area (Å²) in [6.45, 7) is 13.6. The van der Waals surface area contributed by atoms with E-state index in [2.05, 4.69) is 82.0 Å². The van der Waals surface area contributed by atoms with Crippen molar-refractivity contribution in [2.45, 2.75) is 52.5 Å². The van der Waals surface area contributed by atoms with Crippen LogP contribution in [0.3, 0.4) is 0 Å². The first-order chi connectivity index (χ1) is 8.71. The third kappa shape index (κ3) is 2.89. The molecule has 0 unspecified atom stereocenters. The van der Waals surface area contributed by atoms with Crippen molar-refractivity contribution in [1.82, 2.24) is 0 Å². The first-order valence-corrected chi connectivity index (χ1v) is 7.69. The summed E-state index contributed by atoms with van der Waals surface area (Å²) in [6, 6.07) is 8.73. The molecule has 0 aliphatic carbocycles. The maximum Gasteiger partial charge on any atom is 0.223 e.